The summed E-state index contributed by atoms with van der Waals surface area (Å²) in [5.41, 5.74) is 0. The lowest BCUT2D eigenvalue weighted by Crippen LogP contribution is -2.12. The molecule has 0 radical (unpaired) electrons. The summed E-state index contributed by atoms with van der Waals surface area (Å²) < 4.78 is 32.5. The van der Waals surface area contributed by atoms with E-state index >= 15 is 0 Å². The van der Waals surface area contributed by atoms with Crippen molar-refractivity contribution >= 4 is 27.3 Å². The molecule has 2 N–H and O–H groups in total. The lowest BCUT2D eigenvalue weighted by molar-refractivity contribution is -0.144. The van der Waals surface area contributed by atoms with Crippen molar-refractivity contribution in [2.24, 2.45) is 5.14 Å². The molecule has 0 atom stereocenters. The maximum atomic E-state index is 11.5. The maximum Gasteiger partial charge on any atom is 0.311 e. The summed E-state index contributed by atoms with van der Waals surface area (Å²) in [6.45, 7) is 3.31. The van der Waals surface area contributed by atoms with Crippen molar-refractivity contribution in [2.45, 2.75) is 30.4 Å². The molecule has 0 aliphatic carbocycles. The van der Waals surface area contributed by atoms with E-state index in [2.05, 4.69) is 6.92 Å². The highest BCUT2D eigenvalue weighted by atomic mass is 32.2. The SMILES string of the molecule is CCCCOCCOC(=O)Cc1ccc(S(N)(=O)=O)s1. The minimum absolute atomic E-state index is 0.0369. The highest BCUT2D eigenvalue weighted by Crippen LogP contribution is 2.20. The predicted molar refractivity (Wildman–Crippen MR) is 76.1 cm³/mol. The number of primary sulfonamides is 1. The van der Waals surface area contributed by atoms with Gasteiger partial charge >= 0.3 is 5.97 Å². The van der Waals surface area contributed by atoms with Crippen molar-refractivity contribution in [3.05, 3.63) is 17.0 Å². The number of sulfonamides is 1. The second-order valence-electron chi connectivity index (χ2n) is 4.13. The van der Waals surface area contributed by atoms with Gasteiger partial charge in [-0.3, -0.25) is 4.79 Å². The molecule has 0 saturated carbocycles. The van der Waals surface area contributed by atoms with E-state index in [1.807, 2.05) is 0 Å². The number of thiophene rings is 1. The van der Waals surface area contributed by atoms with Gasteiger partial charge in [0.05, 0.1) is 13.0 Å². The van der Waals surface area contributed by atoms with Crippen LogP contribution in [0.3, 0.4) is 0 Å². The van der Waals surface area contributed by atoms with Crippen LogP contribution < -0.4 is 5.14 Å². The van der Waals surface area contributed by atoms with Crippen LogP contribution in [0, 0.1) is 0 Å². The largest absolute Gasteiger partial charge is 0.463 e. The second kappa shape index (κ2) is 8.35. The van der Waals surface area contributed by atoms with Crippen LogP contribution in [0.4, 0.5) is 0 Å². The normalized spacial score (nSPS) is 11.5. The van der Waals surface area contributed by atoms with Crippen LogP contribution in [0.15, 0.2) is 16.3 Å². The van der Waals surface area contributed by atoms with Gasteiger partial charge in [-0.1, -0.05) is 13.3 Å². The van der Waals surface area contributed by atoms with Crippen LogP contribution in [0.5, 0.6) is 0 Å². The van der Waals surface area contributed by atoms with Gasteiger partial charge in [-0.2, -0.15) is 0 Å². The van der Waals surface area contributed by atoms with Gasteiger partial charge < -0.3 is 9.47 Å². The molecule has 20 heavy (non-hydrogen) atoms. The highest BCUT2D eigenvalue weighted by molar-refractivity contribution is 7.91. The molecular formula is C12H19NO5S2. The second-order valence-corrected chi connectivity index (χ2v) is 7.09. The molecule has 0 aliphatic heterocycles. The van der Waals surface area contributed by atoms with Crippen molar-refractivity contribution in [3.63, 3.8) is 0 Å². The molecule has 0 aliphatic rings. The quantitative estimate of drug-likeness (QED) is 0.546. The molecule has 1 heterocycles. The molecule has 114 valence electrons. The van der Waals surface area contributed by atoms with Gasteiger partial charge in [0.2, 0.25) is 10.0 Å². The fourth-order valence-corrected chi connectivity index (χ4v) is 3.13. The minimum Gasteiger partial charge on any atom is -0.463 e. The molecule has 0 amide bonds. The van der Waals surface area contributed by atoms with Crippen molar-refractivity contribution in [1.82, 2.24) is 0 Å². The van der Waals surface area contributed by atoms with E-state index in [1.165, 1.54) is 6.07 Å². The fraction of sp³-hybridized carbons (Fsp3) is 0.583. The van der Waals surface area contributed by atoms with Gasteiger partial charge in [0.1, 0.15) is 10.8 Å². The van der Waals surface area contributed by atoms with Crippen molar-refractivity contribution in [2.75, 3.05) is 19.8 Å². The third kappa shape index (κ3) is 6.47. The first-order chi connectivity index (χ1) is 9.43. The highest BCUT2D eigenvalue weighted by Gasteiger charge is 2.13. The number of rotatable bonds is 9. The molecule has 1 aromatic rings. The number of hydrogen-bond donors (Lipinski definition) is 1. The molecule has 8 heteroatoms. The third-order valence-corrected chi connectivity index (χ3v) is 4.89. The maximum absolute atomic E-state index is 11.5. The first kappa shape index (κ1) is 17.1. The molecule has 0 bridgehead atoms. The Kier molecular flexibility index (Phi) is 7.14. The Morgan fingerprint density at radius 2 is 2.05 bits per heavy atom. The van der Waals surface area contributed by atoms with Crippen molar-refractivity contribution < 1.29 is 22.7 Å². The smallest absolute Gasteiger partial charge is 0.311 e. The molecular weight excluding hydrogens is 302 g/mol. The summed E-state index contributed by atoms with van der Waals surface area (Å²) in [5, 5.41) is 4.99. The molecule has 0 aromatic carbocycles. The molecule has 1 rings (SSSR count). The summed E-state index contributed by atoms with van der Waals surface area (Å²) >= 11 is 0.973. The summed E-state index contributed by atoms with van der Waals surface area (Å²) in [7, 11) is -3.70. The lowest BCUT2D eigenvalue weighted by Gasteiger charge is -2.04. The molecule has 1 aromatic heterocycles. The average molecular weight is 321 g/mol. The fourth-order valence-electron chi connectivity index (χ4n) is 1.36. The molecule has 6 nitrogen and oxygen atoms in total. The van der Waals surface area contributed by atoms with Crippen LogP contribution in [-0.2, 0) is 30.7 Å². The van der Waals surface area contributed by atoms with E-state index < -0.39 is 16.0 Å². The Morgan fingerprint density at radius 3 is 2.65 bits per heavy atom. The molecule has 0 saturated heterocycles. The molecule has 0 unspecified atom stereocenters. The van der Waals surface area contributed by atoms with Crippen molar-refractivity contribution in [1.29, 1.82) is 0 Å². The Balaban J connectivity index is 2.27. The van der Waals surface area contributed by atoms with E-state index in [0.717, 1.165) is 24.2 Å². The minimum atomic E-state index is -3.70. The van der Waals surface area contributed by atoms with E-state index in [0.29, 0.717) is 18.1 Å². The number of ether oxygens (including phenoxy) is 2. The Bertz CT molecular complexity index is 524. The van der Waals surface area contributed by atoms with E-state index in [9.17, 15) is 13.2 Å². The van der Waals surface area contributed by atoms with Gasteiger partial charge in [0.25, 0.3) is 0 Å². The third-order valence-electron chi connectivity index (χ3n) is 2.37. The summed E-state index contributed by atoms with van der Waals surface area (Å²) in [4.78, 5) is 12.1. The Hall–Kier alpha value is -0.960. The number of hydrogen-bond acceptors (Lipinski definition) is 6. The van der Waals surface area contributed by atoms with Crippen LogP contribution in [0.2, 0.25) is 0 Å². The zero-order valence-electron chi connectivity index (χ0n) is 11.3. The number of unbranched alkanes of at least 4 members (excludes halogenated alkanes) is 1. The van der Waals surface area contributed by atoms with Gasteiger partial charge in [-0.15, -0.1) is 11.3 Å². The zero-order valence-corrected chi connectivity index (χ0v) is 13.0. The van der Waals surface area contributed by atoms with Gasteiger partial charge in [-0.05, 0) is 18.6 Å². The number of esters is 1. The lowest BCUT2D eigenvalue weighted by atomic mass is 10.3. The standard InChI is InChI=1S/C12H19NO5S2/c1-2-3-6-17-7-8-18-11(14)9-10-4-5-12(19-10)20(13,15)16/h4-5H,2-3,6-9H2,1H3,(H2,13,15,16). The number of carbonyl (C=O) groups is 1. The van der Waals surface area contributed by atoms with Crippen LogP contribution >= 0.6 is 11.3 Å². The van der Waals surface area contributed by atoms with E-state index in [1.54, 1.807) is 6.07 Å². The summed E-state index contributed by atoms with van der Waals surface area (Å²) in [6, 6.07) is 2.94. The van der Waals surface area contributed by atoms with Gasteiger partial charge in [-0.25, -0.2) is 13.6 Å². The van der Waals surface area contributed by atoms with Gasteiger partial charge in [0, 0.05) is 11.5 Å². The van der Waals surface area contributed by atoms with Crippen LogP contribution in [0.25, 0.3) is 0 Å². The first-order valence-electron chi connectivity index (χ1n) is 6.28. The zero-order chi connectivity index (χ0) is 15.0. The number of carbonyl (C=O) groups excluding carboxylic acids is 1. The van der Waals surface area contributed by atoms with E-state index in [-0.39, 0.29) is 17.2 Å². The summed E-state index contributed by atoms with van der Waals surface area (Å²) in [6.07, 6.45) is 2.08. The van der Waals surface area contributed by atoms with Crippen LogP contribution in [-0.4, -0.2) is 34.2 Å². The monoisotopic (exact) mass is 321 g/mol. The van der Waals surface area contributed by atoms with Crippen LogP contribution in [0.1, 0.15) is 24.6 Å². The average Bonchev–Trinajstić information content (AvgIpc) is 2.82. The number of nitrogens with two attached hydrogens (primary N) is 1. The predicted octanol–water partition coefficient (Wildman–Crippen LogP) is 1.30. The Labute approximate surface area is 122 Å². The molecule has 0 spiro atoms. The molecule has 0 fully saturated rings. The first-order valence-corrected chi connectivity index (χ1v) is 8.64. The topological polar surface area (TPSA) is 95.7 Å². The van der Waals surface area contributed by atoms with Gasteiger partial charge in [0.15, 0.2) is 0 Å². The van der Waals surface area contributed by atoms with Crippen molar-refractivity contribution in [3.8, 4) is 0 Å². The Morgan fingerprint density at radius 1 is 1.30 bits per heavy atom. The summed E-state index contributed by atoms with van der Waals surface area (Å²) in [5.74, 6) is -0.410. The van der Waals surface area contributed by atoms with E-state index in [4.69, 9.17) is 14.6 Å².